The number of nitrogens with one attached hydrogen (secondary N) is 2. The van der Waals surface area contributed by atoms with Gasteiger partial charge in [-0.15, -0.1) is 0 Å². The van der Waals surface area contributed by atoms with Crippen molar-refractivity contribution < 1.29 is 23.9 Å². The second-order valence-corrected chi connectivity index (χ2v) is 9.72. The summed E-state index contributed by atoms with van der Waals surface area (Å²) in [6.07, 6.45) is 7.00. The third-order valence-electron chi connectivity index (χ3n) is 7.17. The first kappa shape index (κ1) is 21.7. The molecule has 5 rings (SSSR count). The minimum atomic E-state index is -0.963. The van der Waals surface area contributed by atoms with Crippen LogP contribution >= 0.6 is 0 Å². The van der Waals surface area contributed by atoms with Crippen molar-refractivity contribution in [2.75, 3.05) is 19.0 Å². The quantitative estimate of drug-likeness (QED) is 0.620. The van der Waals surface area contributed by atoms with Crippen LogP contribution in [0.15, 0.2) is 24.3 Å². The Hall–Kier alpha value is -2.57. The topological polar surface area (TPSA) is 93.7 Å². The van der Waals surface area contributed by atoms with Crippen molar-refractivity contribution in [3.8, 4) is 5.75 Å². The van der Waals surface area contributed by atoms with E-state index in [9.17, 15) is 14.4 Å². The number of amides is 2. The Labute approximate surface area is 183 Å². The van der Waals surface area contributed by atoms with E-state index in [1.54, 1.807) is 31.4 Å². The van der Waals surface area contributed by atoms with Crippen LogP contribution in [0.2, 0.25) is 0 Å². The average molecular weight is 429 g/mol. The van der Waals surface area contributed by atoms with Gasteiger partial charge in [-0.3, -0.25) is 14.4 Å². The lowest BCUT2D eigenvalue weighted by atomic mass is 9.49. The molecule has 168 valence electrons. The van der Waals surface area contributed by atoms with Crippen LogP contribution in [0.1, 0.15) is 51.9 Å². The Morgan fingerprint density at radius 3 is 2.16 bits per heavy atom. The minimum absolute atomic E-state index is 0.0887. The standard InChI is InChI=1S/C24H32N2O5/c1-15(23(29)26-19-3-5-20(30-2)6-4-19)31-22(28)14-25-21(27)13-24-10-16-7-17(11-24)9-18(8-16)12-24/h3-6,15-18H,7-14H2,1-2H3,(H,25,27)(H,26,29). The molecule has 7 nitrogen and oxygen atoms in total. The smallest absolute Gasteiger partial charge is 0.326 e. The molecular formula is C24H32N2O5. The van der Waals surface area contributed by atoms with Crippen molar-refractivity contribution in [1.29, 1.82) is 0 Å². The summed E-state index contributed by atoms with van der Waals surface area (Å²) in [7, 11) is 1.57. The zero-order valence-corrected chi connectivity index (χ0v) is 18.3. The summed E-state index contributed by atoms with van der Waals surface area (Å²) in [5.41, 5.74) is 0.714. The zero-order valence-electron chi connectivity index (χ0n) is 18.3. The molecule has 1 atom stereocenters. The largest absolute Gasteiger partial charge is 0.497 e. The van der Waals surface area contributed by atoms with Crippen LogP contribution in [0.4, 0.5) is 5.69 Å². The molecule has 0 aromatic heterocycles. The van der Waals surface area contributed by atoms with E-state index in [-0.39, 0.29) is 17.9 Å². The van der Waals surface area contributed by atoms with Crippen LogP contribution in [0.5, 0.6) is 5.75 Å². The second-order valence-electron chi connectivity index (χ2n) is 9.72. The van der Waals surface area contributed by atoms with E-state index in [2.05, 4.69) is 10.6 Å². The summed E-state index contributed by atoms with van der Waals surface area (Å²) < 4.78 is 10.3. The van der Waals surface area contributed by atoms with Gasteiger partial charge in [0.25, 0.3) is 5.91 Å². The maximum absolute atomic E-state index is 12.5. The highest BCUT2D eigenvalue weighted by Gasteiger charge is 2.51. The Balaban J connectivity index is 1.19. The Morgan fingerprint density at radius 1 is 1.03 bits per heavy atom. The molecular weight excluding hydrogens is 396 g/mol. The molecule has 4 fully saturated rings. The lowest BCUT2D eigenvalue weighted by molar-refractivity contribution is -0.153. The molecule has 7 heteroatoms. The summed E-state index contributed by atoms with van der Waals surface area (Å²) >= 11 is 0. The predicted molar refractivity (Wildman–Crippen MR) is 115 cm³/mol. The van der Waals surface area contributed by atoms with E-state index >= 15 is 0 Å². The molecule has 0 spiro atoms. The van der Waals surface area contributed by atoms with Gasteiger partial charge in [-0.1, -0.05) is 0 Å². The summed E-state index contributed by atoms with van der Waals surface area (Å²) in [5.74, 6) is 1.91. The molecule has 4 saturated carbocycles. The molecule has 2 amide bonds. The molecule has 31 heavy (non-hydrogen) atoms. The summed E-state index contributed by atoms with van der Waals surface area (Å²) in [5, 5.41) is 5.39. The molecule has 1 aromatic carbocycles. The number of methoxy groups -OCH3 is 1. The van der Waals surface area contributed by atoms with Crippen LogP contribution in [-0.4, -0.2) is 37.5 Å². The van der Waals surface area contributed by atoms with Crippen molar-refractivity contribution >= 4 is 23.5 Å². The Kier molecular flexibility index (Phi) is 6.21. The SMILES string of the molecule is COc1ccc(NC(=O)C(C)OC(=O)CNC(=O)CC23CC4CC(CC(C4)C2)C3)cc1. The minimum Gasteiger partial charge on any atom is -0.497 e. The van der Waals surface area contributed by atoms with Gasteiger partial charge in [0, 0.05) is 12.1 Å². The molecule has 4 aliphatic rings. The second kappa shape index (κ2) is 8.89. The van der Waals surface area contributed by atoms with Gasteiger partial charge in [-0.2, -0.15) is 0 Å². The molecule has 0 saturated heterocycles. The van der Waals surface area contributed by atoms with Crippen molar-refractivity contribution in [1.82, 2.24) is 5.32 Å². The number of esters is 1. The van der Waals surface area contributed by atoms with Gasteiger partial charge in [0.2, 0.25) is 5.91 Å². The third-order valence-corrected chi connectivity index (χ3v) is 7.17. The molecule has 0 aliphatic heterocycles. The summed E-state index contributed by atoms with van der Waals surface area (Å²) in [6, 6.07) is 6.86. The lowest BCUT2D eigenvalue weighted by Crippen LogP contribution is -2.48. The van der Waals surface area contributed by atoms with E-state index in [1.807, 2.05) is 0 Å². The first-order chi connectivity index (χ1) is 14.8. The molecule has 1 aromatic rings. The fourth-order valence-corrected chi connectivity index (χ4v) is 6.29. The predicted octanol–water partition coefficient (Wildman–Crippen LogP) is 3.29. The van der Waals surface area contributed by atoms with E-state index in [0.29, 0.717) is 17.9 Å². The van der Waals surface area contributed by atoms with Gasteiger partial charge in [0.1, 0.15) is 12.3 Å². The van der Waals surface area contributed by atoms with E-state index < -0.39 is 18.0 Å². The first-order valence-electron chi connectivity index (χ1n) is 11.3. The molecule has 4 aliphatic carbocycles. The lowest BCUT2D eigenvalue weighted by Gasteiger charge is -2.56. The average Bonchev–Trinajstić information content (AvgIpc) is 2.71. The van der Waals surface area contributed by atoms with Gasteiger partial charge in [0.15, 0.2) is 6.10 Å². The number of benzene rings is 1. The van der Waals surface area contributed by atoms with Gasteiger partial charge in [0.05, 0.1) is 7.11 Å². The number of hydrogen-bond donors (Lipinski definition) is 2. The number of ether oxygens (including phenoxy) is 2. The molecule has 4 bridgehead atoms. The monoisotopic (exact) mass is 428 g/mol. The zero-order chi connectivity index (χ0) is 22.0. The van der Waals surface area contributed by atoms with Crippen molar-refractivity contribution in [3.05, 3.63) is 24.3 Å². The number of carbonyl (C=O) groups is 3. The van der Waals surface area contributed by atoms with E-state index in [4.69, 9.17) is 9.47 Å². The normalized spacial score (nSPS) is 29.2. The fourth-order valence-electron chi connectivity index (χ4n) is 6.29. The molecule has 0 heterocycles. The maximum atomic E-state index is 12.5. The number of carbonyl (C=O) groups excluding carboxylic acids is 3. The number of hydrogen-bond acceptors (Lipinski definition) is 5. The fraction of sp³-hybridized carbons (Fsp3) is 0.625. The highest BCUT2D eigenvalue weighted by Crippen LogP contribution is 2.61. The highest BCUT2D eigenvalue weighted by molar-refractivity contribution is 5.95. The van der Waals surface area contributed by atoms with E-state index in [1.165, 1.54) is 26.2 Å². The van der Waals surface area contributed by atoms with Crippen LogP contribution < -0.4 is 15.4 Å². The maximum Gasteiger partial charge on any atom is 0.326 e. The van der Waals surface area contributed by atoms with Gasteiger partial charge >= 0.3 is 5.97 Å². The van der Waals surface area contributed by atoms with Crippen molar-refractivity contribution in [2.45, 2.75) is 58.0 Å². The van der Waals surface area contributed by atoms with Crippen molar-refractivity contribution in [3.63, 3.8) is 0 Å². The van der Waals surface area contributed by atoms with Crippen LogP contribution in [-0.2, 0) is 19.1 Å². The summed E-state index contributed by atoms with van der Waals surface area (Å²) in [6.45, 7) is 1.29. The number of anilines is 1. The Bertz CT molecular complexity index is 800. The van der Waals surface area contributed by atoms with E-state index in [0.717, 1.165) is 37.0 Å². The highest BCUT2D eigenvalue weighted by atomic mass is 16.5. The first-order valence-corrected chi connectivity index (χ1v) is 11.3. The van der Waals surface area contributed by atoms with Crippen LogP contribution in [0, 0.1) is 23.2 Å². The van der Waals surface area contributed by atoms with Gasteiger partial charge < -0.3 is 20.1 Å². The summed E-state index contributed by atoms with van der Waals surface area (Å²) in [4.78, 5) is 36.9. The Morgan fingerprint density at radius 2 is 1.61 bits per heavy atom. The third kappa shape index (κ3) is 5.20. The van der Waals surface area contributed by atoms with Crippen LogP contribution in [0.3, 0.4) is 0 Å². The van der Waals surface area contributed by atoms with Crippen LogP contribution in [0.25, 0.3) is 0 Å². The van der Waals surface area contributed by atoms with Crippen molar-refractivity contribution in [2.24, 2.45) is 23.2 Å². The molecule has 1 unspecified atom stereocenters. The van der Waals surface area contributed by atoms with Gasteiger partial charge in [-0.05, 0) is 92.9 Å². The molecule has 0 radical (unpaired) electrons. The van der Waals surface area contributed by atoms with Gasteiger partial charge in [-0.25, -0.2) is 0 Å². The molecule has 2 N–H and O–H groups in total. The number of rotatable bonds is 8.